The van der Waals surface area contributed by atoms with Gasteiger partial charge in [0.15, 0.2) is 0 Å². The summed E-state index contributed by atoms with van der Waals surface area (Å²) in [5, 5.41) is 7.91. The lowest BCUT2D eigenvalue weighted by Gasteiger charge is -2.35. The van der Waals surface area contributed by atoms with E-state index < -0.39 is 0 Å². The molecule has 1 aromatic heterocycles. The summed E-state index contributed by atoms with van der Waals surface area (Å²) in [5.74, 6) is 0.561. The number of halogens is 1. The summed E-state index contributed by atoms with van der Waals surface area (Å²) in [5.41, 5.74) is 1.20. The minimum absolute atomic E-state index is 0.0523. The predicted molar refractivity (Wildman–Crippen MR) is 124 cm³/mol. The molecule has 1 saturated heterocycles. The number of nitrogens with zero attached hydrogens (tertiary/aromatic N) is 3. The maximum Gasteiger partial charge on any atom is 0.265 e. The number of methoxy groups -OCH3 is 1. The smallest absolute Gasteiger partial charge is 0.265 e. The van der Waals surface area contributed by atoms with Crippen LogP contribution in [-0.2, 0) is 11.3 Å². The Hall–Kier alpha value is -1.87. The molecule has 2 aromatic rings. The molecular formula is C21H30ClN5O2S. The monoisotopic (exact) mass is 451 g/mol. The van der Waals surface area contributed by atoms with E-state index in [9.17, 15) is 4.79 Å². The minimum atomic E-state index is -0.105. The van der Waals surface area contributed by atoms with Gasteiger partial charge in [-0.15, -0.1) is 11.3 Å². The summed E-state index contributed by atoms with van der Waals surface area (Å²) in [6, 6.07) is 7.94. The number of rotatable bonds is 9. The van der Waals surface area contributed by atoms with Gasteiger partial charge in [0.05, 0.1) is 13.2 Å². The lowest BCUT2D eigenvalue weighted by molar-refractivity contribution is 0.0910. The molecule has 164 valence electrons. The van der Waals surface area contributed by atoms with Crippen LogP contribution in [-0.4, -0.2) is 68.3 Å². The first-order chi connectivity index (χ1) is 14.5. The Morgan fingerprint density at radius 3 is 2.60 bits per heavy atom. The Bertz CT molecular complexity index is 821. The molecule has 0 saturated carbocycles. The van der Waals surface area contributed by atoms with E-state index in [1.807, 2.05) is 26.0 Å². The first-order valence-electron chi connectivity index (χ1n) is 10.3. The second-order valence-electron chi connectivity index (χ2n) is 7.39. The maximum atomic E-state index is 12.7. The van der Waals surface area contributed by atoms with Crippen molar-refractivity contribution in [3.8, 4) is 0 Å². The molecule has 0 aliphatic carbocycles. The number of hydrogen-bond donors (Lipinski definition) is 2. The molecule has 7 nitrogen and oxygen atoms in total. The predicted octanol–water partition coefficient (Wildman–Crippen LogP) is 3.32. The van der Waals surface area contributed by atoms with E-state index in [1.54, 1.807) is 7.11 Å². The highest BCUT2D eigenvalue weighted by Gasteiger charge is 2.22. The van der Waals surface area contributed by atoms with Gasteiger partial charge >= 0.3 is 0 Å². The van der Waals surface area contributed by atoms with E-state index in [4.69, 9.17) is 21.3 Å². The lowest BCUT2D eigenvalue weighted by atomic mass is 10.2. The molecule has 1 amide bonds. The molecule has 1 aliphatic heterocycles. The quantitative estimate of drug-likeness (QED) is 0.609. The summed E-state index contributed by atoms with van der Waals surface area (Å²) in [7, 11) is 1.63. The van der Waals surface area contributed by atoms with Gasteiger partial charge in [-0.3, -0.25) is 9.69 Å². The zero-order valence-electron chi connectivity index (χ0n) is 17.8. The number of carbonyl (C=O) groups excluding carboxylic acids is 1. The van der Waals surface area contributed by atoms with Crippen LogP contribution in [0.3, 0.4) is 0 Å². The second kappa shape index (κ2) is 10.9. The first-order valence-corrected chi connectivity index (χ1v) is 11.5. The van der Waals surface area contributed by atoms with Gasteiger partial charge < -0.3 is 20.3 Å². The number of anilines is 2. The van der Waals surface area contributed by atoms with Gasteiger partial charge in [-0.25, -0.2) is 4.98 Å². The average Bonchev–Trinajstić information content (AvgIpc) is 3.12. The number of thiazole rings is 1. The number of aromatic nitrogens is 1. The standard InChI is InChI=1S/C21H30ClN5O2S/c1-4-23-20-19(21(28)24-15(2)14-29-3)30-18(25-20)13-26-9-11-27(12-10-26)17-7-5-16(22)6-8-17/h5-8,15,23H,4,9-14H2,1-3H3,(H,24,28). The molecule has 2 heterocycles. The summed E-state index contributed by atoms with van der Waals surface area (Å²) in [6.07, 6.45) is 0. The van der Waals surface area contributed by atoms with Crippen molar-refractivity contribution in [2.75, 3.05) is 56.7 Å². The van der Waals surface area contributed by atoms with Crippen LogP contribution in [0.25, 0.3) is 0 Å². The fraction of sp³-hybridized carbons (Fsp3) is 0.524. The van der Waals surface area contributed by atoms with Crippen molar-refractivity contribution in [1.82, 2.24) is 15.2 Å². The molecule has 1 unspecified atom stereocenters. The van der Waals surface area contributed by atoms with Crippen molar-refractivity contribution in [2.45, 2.75) is 26.4 Å². The topological polar surface area (TPSA) is 69.7 Å². The van der Waals surface area contributed by atoms with E-state index in [1.165, 1.54) is 17.0 Å². The molecule has 1 aromatic carbocycles. The van der Waals surface area contributed by atoms with E-state index in [0.29, 0.717) is 17.3 Å². The maximum absolute atomic E-state index is 12.7. The molecule has 9 heteroatoms. The highest BCUT2D eigenvalue weighted by molar-refractivity contribution is 7.14. The van der Waals surface area contributed by atoms with Crippen molar-refractivity contribution in [3.63, 3.8) is 0 Å². The number of ether oxygens (including phenoxy) is 1. The first kappa shape index (κ1) is 22.8. The molecule has 1 atom stereocenters. The normalized spacial score (nSPS) is 15.8. The van der Waals surface area contributed by atoms with E-state index in [0.717, 1.165) is 49.3 Å². The molecule has 3 rings (SSSR count). The van der Waals surface area contributed by atoms with Gasteiger partial charge in [0.2, 0.25) is 0 Å². The third-order valence-electron chi connectivity index (χ3n) is 4.94. The molecular weight excluding hydrogens is 422 g/mol. The van der Waals surface area contributed by atoms with Crippen LogP contribution in [0.4, 0.5) is 11.5 Å². The molecule has 0 spiro atoms. The molecule has 0 radical (unpaired) electrons. The summed E-state index contributed by atoms with van der Waals surface area (Å²) >= 11 is 7.46. The number of piperazine rings is 1. The number of hydrogen-bond acceptors (Lipinski definition) is 7. The fourth-order valence-electron chi connectivity index (χ4n) is 3.46. The Labute approximate surface area is 187 Å². The number of benzene rings is 1. The molecule has 2 N–H and O–H groups in total. The lowest BCUT2D eigenvalue weighted by Crippen LogP contribution is -2.45. The third-order valence-corrected chi connectivity index (χ3v) is 6.23. The summed E-state index contributed by atoms with van der Waals surface area (Å²) in [6.45, 7) is 9.68. The van der Waals surface area contributed by atoms with Crippen LogP contribution in [0.15, 0.2) is 24.3 Å². The second-order valence-corrected chi connectivity index (χ2v) is 8.91. The summed E-state index contributed by atoms with van der Waals surface area (Å²) < 4.78 is 5.11. The van der Waals surface area contributed by atoms with E-state index >= 15 is 0 Å². The highest BCUT2D eigenvalue weighted by Crippen LogP contribution is 2.26. The molecule has 0 bridgehead atoms. The van der Waals surface area contributed by atoms with Gasteiger partial charge in [-0.05, 0) is 38.1 Å². The van der Waals surface area contributed by atoms with Gasteiger partial charge in [0.25, 0.3) is 5.91 Å². The van der Waals surface area contributed by atoms with Crippen LogP contribution < -0.4 is 15.5 Å². The van der Waals surface area contributed by atoms with Crippen LogP contribution in [0.5, 0.6) is 0 Å². The van der Waals surface area contributed by atoms with Crippen molar-refractivity contribution in [2.24, 2.45) is 0 Å². The van der Waals surface area contributed by atoms with Gasteiger partial charge in [-0.1, -0.05) is 11.6 Å². The van der Waals surface area contributed by atoms with Gasteiger partial charge in [-0.2, -0.15) is 0 Å². The zero-order chi connectivity index (χ0) is 21.5. The Kier molecular flexibility index (Phi) is 8.32. The fourth-order valence-corrected chi connectivity index (χ4v) is 4.57. The van der Waals surface area contributed by atoms with Crippen LogP contribution in [0, 0.1) is 0 Å². The van der Waals surface area contributed by atoms with Gasteiger partial charge in [0.1, 0.15) is 15.7 Å². The highest BCUT2D eigenvalue weighted by atomic mass is 35.5. The minimum Gasteiger partial charge on any atom is -0.383 e. The zero-order valence-corrected chi connectivity index (χ0v) is 19.4. The third kappa shape index (κ3) is 6.07. The Morgan fingerprint density at radius 1 is 1.27 bits per heavy atom. The van der Waals surface area contributed by atoms with Crippen LogP contribution >= 0.6 is 22.9 Å². The Morgan fingerprint density at radius 2 is 1.97 bits per heavy atom. The van der Waals surface area contributed by atoms with Crippen LogP contribution in [0.2, 0.25) is 5.02 Å². The molecule has 1 fully saturated rings. The van der Waals surface area contributed by atoms with Crippen molar-refractivity contribution >= 4 is 40.4 Å². The van der Waals surface area contributed by atoms with E-state index in [-0.39, 0.29) is 11.9 Å². The largest absolute Gasteiger partial charge is 0.383 e. The van der Waals surface area contributed by atoms with E-state index in [2.05, 4.69) is 32.6 Å². The van der Waals surface area contributed by atoms with Crippen molar-refractivity contribution in [3.05, 3.63) is 39.2 Å². The summed E-state index contributed by atoms with van der Waals surface area (Å²) in [4.78, 5) is 22.8. The number of amides is 1. The average molecular weight is 452 g/mol. The molecule has 30 heavy (non-hydrogen) atoms. The Balaban J connectivity index is 1.60. The number of carbonyl (C=O) groups is 1. The van der Waals surface area contributed by atoms with Crippen LogP contribution in [0.1, 0.15) is 28.5 Å². The molecule has 1 aliphatic rings. The van der Waals surface area contributed by atoms with Crippen molar-refractivity contribution in [1.29, 1.82) is 0 Å². The van der Waals surface area contributed by atoms with Crippen molar-refractivity contribution < 1.29 is 9.53 Å². The number of nitrogens with one attached hydrogen (secondary N) is 2. The van der Waals surface area contributed by atoms with Gasteiger partial charge in [0, 0.05) is 56.6 Å². The SMILES string of the molecule is CCNc1nc(CN2CCN(c3ccc(Cl)cc3)CC2)sc1C(=O)NC(C)COC.